The van der Waals surface area contributed by atoms with Crippen LogP contribution in [0.25, 0.3) is 10.9 Å². The molecule has 1 amide bonds. The number of benzene rings is 2. The molecule has 0 saturated carbocycles. The van der Waals surface area contributed by atoms with Crippen molar-refractivity contribution in [2.75, 3.05) is 7.05 Å². The van der Waals surface area contributed by atoms with E-state index in [0.717, 1.165) is 19.3 Å². The first-order chi connectivity index (χ1) is 13.0. The van der Waals surface area contributed by atoms with Crippen LogP contribution in [0, 0.1) is 4.77 Å². The Kier molecular flexibility index (Phi) is 4.44. The van der Waals surface area contributed by atoms with Crippen molar-refractivity contribution >= 4 is 29.0 Å². The molecule has 138 valence electrons. The van der Waals surface area contributed by atoms with Crippen LogP contribution in [0.2, 0.25) is 0 Å². The third-order valence-electron chi connectivity index (χ3n) is 5.47. The summed E-state index contributed by atoms with van der Waals surface area (Å²) in [6, 6.07) is 13.5. The molecule has 1 heterocycles. The molecule has 0 aliphatic heterocycles. The Morgan fingerprint density at radius 3 is 2.85 bits per heavy atom. The SMILES string of the molecule is CN(C(=O)c1ccc2c(=O)n(C)c(=S)[nH]c2c1)[C@@H]1CCCc2ccccc21. The van der Waals surface area contributed by atoms with E-state index < -0.39 is 0 Å². The number of carbonyl (C=O) groups is 1. The minimum Gasteiger partial charge on any atom is -0.335 e. The number of aromatic nitrogens is 2. The maximum atomic E-state index is 13.1. The fourth-order valence-electron chi connectivity index (χ4n) is 3.91. The zero-order valence-electron chi connectivity index (χ0n) is 15.4. The van der Waals surface area contributed by atoms with Crippen LogP contribution in [-0.4, -0.2) is 27.4 Å². The van der Waals surface area contributed by atoms with Crippen LogP contribution >= 0.6 is 12.2 Å². The van der Waals surface area contributed by atoms with Crippen LogP contribution in [0.15, 0.2) is 47.3 Å². The maximum Gasteiger partial charge on any atom is 0.261 e. The van der Waals surface area contributed by atoms with Crippen LogP contribution in [-0.2, 0) is 13.5 Å². The molecule has 0 unspecified atom stereocenters. The highest BCUT2D eigenvalue weighted by Crippen LogP contribution is 2.34. The summed E-state index contributed by atoms with van der Waals surface area (Å²) in [6.07, 6.45) is 3.08. The van der Waals surface area contributed by atoms with Gasteiger partial charge in [0.1, 0.15) is 0 Å². The third kappa shape index (κ3) is 3.00. The molecule has 0 radical (unpaired) electrons. The van der Waals surface area contributed by atoms with Crippen molar-refractivity contribution in [2.45, 2.75) is 25.3 Å². The normalized spacial score (nSPS) is 16.1. The second kappa shape index (κ2) is 6.78. The third-order valence-corrected chi connectivity index (χ3v) is 5.85. The number of fused-ring (bicyclic) bond motifs is 2. The number of nitrogens with zero attached hydrogens (tertiary/aromatic N) is 2. The first-order valence-electron chi connectivity index (χ1n) is 9.05. The van der Waals surface area contributed by atoms with Crippen LogP contribution < -0.4 is 5.56 Å². The quantitative estimate of drug-likeness (QED) is 0.690. The Balaban J connectivity index is 1.72. The molecule has 4 rings (SSSR count). The number of aromatic amines is 1. The molecule has 1 atom stereocenters. The second-order valence-electron chi connectivity index (χ2n) is 7.08. The van der Waals surface area contributed by atoms with Gasteiger partial charge in [0.15, 0.2) is 4.77 Å². The Morgan fingerprint density at radius 1 is 1.26 bits per heavy atom. The number of aryl methyl sites for hydroxylation is 1. The van der Waals surface area contributed by atoms with E-state index in [-0.39, 0.29) is 17.5 Å². The highest BCUT2D eigenvalue weighted by Gasteiger charge is 2.27. The minimum absolute atomic E-state index is 0.0569. The van der Waals surface area contributed by atoms with E-state index in [1.807, 2.05) is 18.0 Å². The van der Waals surface area contributed by atoms with Gasteiger partial charge in [0.25, 0.3) is 11.5 Å². The molecular weight excluding hydrogens is 358 g/mol. The number of hydrogen-bond donors (Lipinski definition) is 1. The molecule has 1 aromatic heterocycles. The summed E-state index contributed by atoms with van der Waals surface area (Å²) in [5.74, 6) is -0.0569. The van der Waals surface area contributed by atoms with Gasteiger partial charge in [-0.1, -0.05) is 24.3 Å². The molecule has 1 N–H and O–H groups in total. The van der Waals surface area contributed by atoms with Gasteiger partial charge in [-0.3, -0.25) is 14.2 Å². The number of hydrogen-bond acceptors (Lipinski definition) is 3. The lowest BCUT2D eigenvalue weighted by atomic mass is 9.87. The fraction of sp³-hybridized carbons (Fsp3) is 0.286. The van der Waals surface area contributed by atoms with E-state index in [2.05, 4.69) is 23.2 Å². The Morgan fingerprint density at radius 2 is 2.04 bits per heavy atom. The molecule has 0 saturated heterocycles. The largest absolute Gasteiger partial charge is 0.335 e. The average molecular weight is 379 g/mol. The summed E-state index contributed by atoms with van der Waals surface area (Å²) in [5, 5.41) is 0.522. The number of nitrogens with one attached hydrogen (secondary N) is 1. The summed E-state index contributed by atoms with van der Waals surface area (Å²) in [6.45, 7) is 0. The maximum absolute atomic E-state index is 13.1. The molecule has 2 aromatic carbocycles. The van der Waals surface area contributed by atoms with Gasteiger partial charge in [0.2, 0.25) is 0 Å². The first-order valence-corrected chi connectivity index (χ1v) is 9.46. The first kappa shape index (κ1) is 17.7. The molecule has 0 spiro atoms. The van der Waals surface area contributed by atoms with E-state index in [9.17, 15) is 9.59 Å². The van der Waals surface area contributed by atoms with Gasteiger partial charge >= 0.3 is 0 Å². The molecule has 27 heavy (non-hydrogen) atoms. The van der Waals surface area contributed by atoms with Crippen LogP contribution in [0.4, 0.5) is 0 Å². The number of carbonyl (C=O) groups excluding carboxylic acids is 1. The second-order valence-corrected chi connectivity index (χ2v) is 7.46. The molecule has 5 nitrogen and oxygen atoms in total. The van der Waals surface area contributed by atoms with Crippen molar-refractivity contribution in [1.82, 2.24) is 14.5 Å². The number of rotatable bonds is 2. The van der Waals surface area contributed by atoms with E-state index in [1.54, 1.807) is 25.2 Å². The highest BCUT2D eigenvalue weighted by molar-refractivity contribution is 7.71. The van der Waals surface area contributed by atoms with Crippen molar-refractivity contribution in [3.8, 4) is 0 Å². The molecule has 6 heteroatoms. The van der Waals surface area contributed by atoms with Gasteiger partial charge in [-0.25, -0.2) is 0 Å². The van der Waals surface area contributed by atoms with Gasteiger partial charge in [-0.05, 0) is 60.8 Å². The average Bonchev–Trinajstić information content (AvgIpc) is 2.70. The zero-order chi connectivity index (χ0) is 19.1. The molecule has 0 bridgehead atoms. The van der Waals surface area contributed by atoms with Crippen LogP contribution in [0.3, 0.4) is 0 Å². The van der Waals surface area contributed by atoms with E-state index in [0.29, 0.717) is 21.2 Å². The van der Waals surface area contributed by atoms with Gasteiger partial charge in [-0.15, -0.1) is 0 Å². The smallest absolute Gasteiger partial charge is 0.261 e. The minimum atomic E-state index is -0.165. The summed E-state index contributed by atoms with van der Waals surface area (Å²) in [4.78, 5) is 30.3. The summed E-state index contributed by atoms with van der Waals surface area (Å²) < 4.78 is 1.73. The molecule has 1 aliphatic rings. The van der Waals surface area contributed by atoms with E-state index >= 15 is 0 Å². The lowest BCUT2D eigenvalue weighted by Crippen LogP contribution is -2.33. The number of amides is 1. The van der Waals surface area contributed by atoms with E-state index in [4.69, 9.17) is 12.2 Å². The Bertz CT molecular complexity index is 1160. The zero-order valence-corrected chi connectivity index (χ0v) is 16.2. The predicted molar refractivity (Wildman–Crippen MR) is 109 cm³/mol. The summed E-state index contributed by atoms with van der Waals surface area (Å²) >= 11 is 5.19. The summed E-state index contributed by atoms with van der Waals surface area (Å²) in [5.41, 5.74) is 3.52. The van der Waals surface area contributed by atoms with Crippen molar-refractivity contribution in [2.24, 2.45) is 7.05 Å². The van der Waals surface area contributed by atoms with Crippen molar-refractivity contribution in [1.29, 1.82) is 0 Å². The van der Waals surface area contributed by atoms with Gasteiger partial charge < -0.3 is 9.88 Å². The summed E-state index contributed by atoms with van der Waals surface area (Å²) in [7, 11) is 3.49. The van der Waals surface area contributed by atoms with Gasteiger partial charge in [0, 0.05) is 19.7 Å². The topological polar surface area (TPSA) is 58.1 Å². The van der Waals surface area contributed by atoms with Crippen molar-refractivity contribution in [3.63, 3.8) is 0 Å². The van der Waals surface area contributed by atoms with Gasteiger partial charge in [-0.2, -0.15) is 0 Å². The predicted octanol–water partition coefficient (Wildman–Crippen LogP) is 3.75. The highest BCUT2D eigenvalue weighted by atomic mass is 32.1. The number of H-pyrrole nitrogens is 1. The van der Waals surface area contributed by atoms with Crippen molar-refractivity contribution in [3.05, 3.63) is 74.3 Å². The van der Waals surface area contributed by atoms with Crippen LogP contribution in [0.5, 0.6) is 0 Å². The molecule has 3 aromatic rings. The lowest BCUT2D eigenvalue weighted by molar-refractivity contribution is 0.0715. The van der Waals surface area contributed by atoms with E-state index in [1.165, 1.54) is 15.7 Å². The standard InChI is InChI=1S/C21H21N3O2S/c1-23(18-9-5-7-13-6-3-4-8-15(13)18)19(25)14-10-11-16-17(12-14)22-21(27)24(2)20(16)26/h3-4,6,8,10-12,18H,5,7,9H2,1-2H3,(H,22,27)/t18-/m1/s1. The lowest BCUT2D eigenvalue weighted by Gasteiger charge is -2.33. The fourth-order valence-corrected chi connectivity index (χ4v) is 4.11. The van der Waals surface area contributed by atoms with Crippen molar-refractivity contribution < 1.29 is 4.79 Å². The van der Waals surface area contributed by atoms with Crippen LogP contribution in [0.1, 0.15) is 40.4 Å². The molecular formula is C21H21N3O2S. The monoisotopic (exact) mass is 379 g/mol. The van der Waals surface area contributed by atoms with Gasteiger partial charge in [0.05, 0.1) is 16.9 Å². The Labute approximate surface area is 162 Å². The molecule has 1 aliphatic carbocycles. The molecule has 0 fully saturated rings. The Hall–Kier alpha value is -2.73.